The average molecular weight is 401 g/mol. The summed E-state index contributed by atoms with van der Waals surface area (Å²) in [6.45, 7) is 1.26. The number of aromatic nitrogens is 3. The smallest absolute Gasteiger partial charge is 0.289 e. The normalized spacial score (nSPS) is 25.0. The molecule has 0 bridgehead atoms. The fourth-order valence-electron chi connectivity index (χ4n) is 4.33. The highest BCUT2D eigenvalue weighted by Gasteiger charge is 2.29. The van der Waals surface area contributed by atoms with E-state index in [-0.39, 0.29) is 29.3 Å². The van der Waals surface area contributed by atoms with Crippen molar-refractivity contribution in [2.45, 2.75) is 63.1 Å². The van der Waals surface area contributed by atoms with E-state index in [1.807, 2.05) is 0 Å². The Bertz CT molecular complexity index is 881. The number of nitrogens with one attached hydrogen (secondary N) is 1. The van der Waals surface area contributed by atoms with E-state index >= 15 is 0 Å². The molecule has 1 amide bonds. The van der Waals surface area contributed by atoms with Gasteiger partial charge in [-0.15, -0.1) is 0 Å². The van der Waals surface area contributed by atoms with Crippen LogP contribution < -0.4 is 15.8 Å². The van der Waals surface area contributed by atoms with Crippen molar-refractivity contribution in [1.29, 1.82) is 0 Å². The van der Waals surface area contributed by atoms with Gasteiger partial charge < -0.3 is 19.8 Å². The fourth-order valence-corrected chi connectivity index (χ4v) is 4.33. The van der Waals surface area contributed by atoms with E-state index in [0.717, 1.165) is 45.1 Å². The molecule has 3 atom stereocenters. The number of piperidine rings is 1. The number of hydrogen-bond acceptors (Lipinski definition) is 7. The van der Waals surface area contributed by atoms with Crippen LogP contribution in [0.4, 0.5) is 5.82 Å². The molecule has 156 valence electrons. The predicted molar refractivity (Wildman–Crippen MR) is 106 cm³/mol. The van der Waals surface area contributed by atoms with Crippen LogP contribution in [0.25, 0.3) is 0 Å². The van der Waals surface area contributed by atoms with Gasteiger partial charge in [0, 0.05) is 31.3 Å². The van der Waals surface area contributed by atoms with Gasteiger partial charge in [-0.1, -0.05) is 18.0 Å². The summed E-state index contributed by atoms with van der Waals surface area (Å²) < 4.78 is 6.36. The first-order valence-corrected chi connectivity index (χ1v) is 10.4. The van der Waals surface area contributed by atoms with Gasteiger partial charge in [0.25, 0.3) is 11.5 Å². The zero-order valence-corrected chi connectivity index (χ0v) is 16.4. The summed E-state index contributed by atoms with van der Waals surface area (Å²) in [6, 6.07) is 4.60. The Morgan fingerprint density at radius 3 is 2.79 bits per heavy atom. The first kappa shape index (κ1) is 19.6. The van der Waals surface area contributed by atoms with Crippen LogP contribution in [0, 0.1) is 0 Å². The molecular weight excluding hydrogens is 374 g/mol. The van der Waals surface area contributed by atoms with E-state index in [0.29, 0.717) is 18.8 Å². The zero-order chi connectivity index (χ0) is 20.2. The van der Waals surface area contributed by atoms with Crippen LogP contribution in [-0.2, 0) is 0 Å². The largest absolute Gasteiger partial charge is 0.391 e. The SMILES string of the molecule is O=C(NCC1CCCCN1c1ccc(=O)n(C2CCCCC2O)n1)c1ccno1. The number of hydrogen-bond donors (Lipinski definition) is 2. The quantitative estimate of drug-likeness (QED) is 0.780. The second kappa shape index (κ2) is 8.77. The summed E-state index contributed by atoms with van der Waals surface area (Å²) in [5.74, 6) is 0.600. The Morgan fingerprint density at radius 1 is 1.17 bits per heavy atom. The van der Waals surface area contributed by atoms with Crippen molar-refractivity contribution in [3.63, 3.8) is 0 Å². The lowest BCUT2D eigenvalue weighted by Gasteiger charge is -2.37. The highest BCUT2D eigenvalue weighted by atomic mass is 16.5. The number of rotatable bonds is 5. The Hall–Kier alpha value is -2.68. The van der Waals surface area contributed by atoms with Crippen LogP contribution in [0.1, 0.15) is 61.5 Å². The maximum atomic E-state index is 12.4. The topological polar surface area (TPSA) is 113 Å². The van der Waals surface area contributed by atoms with Crippen molar-refractivity contribution in [2.24, 2.45) is 0 Å². The molecule has 4 rings (SSSR count). The van der Waals surface area contributed by atoms with Crippen molar-refractivity contribution in [3.8, 4) is 0 Å². The van der Waals surface area contributed by atoms with Gasteiger partial charge in [0.2, 0.25) is 5.76 Å². The highest BCUT2D eigenvalue weighted by Crippen LogP contribution is 2.28. The minimum absolute atomic E-state index is 0.0744. The lowest BCUT2D eigenvalue weighted by atomic mass is 9.93. The third-order valence-electron chi connectivity index (χ3n) is 5.90. The van der Waals surface area contributed by atoms with Crippen molar-refractivity contribution < 1.29 is 14.4 Å². The molecule has 1 aliphatic carbocycles. The number of nitrogens with zero attached hydrogens (tertiary/aromatic N) is 4. The van der Waals surface area contributed by atoms with Crippen LogP contribution in [0.2, 0.25) is 0 Å². The Labute approximate surface area is 168 Å². The molecule has 2 aromatic rings. The molecule has 1 aliphatic heterocycles. The summed E-state index contributed by atoms with van der Waals surface area (Å²) in [4.78, 5) is 26.8. The Kier molecular flexibility index (Phi) is 5.94. The van der Waals surface area contributed by atoms with Crippen LogP contribution in [-0.4, -0.2) is 51.2 Å². The van der Waals surface area contributed by atoms with Gasteiger partial charge in [-0.3, -0.25) is 9.59 Å². The first-order chi connectivity index (χ1) is 14.1. The van der Waals surface area contributed by atoms with Crippen LogP contribution in [0.15, 0.2) is 33.7 Å². The van der Waals surface area contributed by atoms with E-state index in [1.165, 1.54) is 23.0 Å². The molecule has 1 saturated heterocycles. The highest BCUT2D eigenvalue weighted by molar-refractivity contribution is 5.91. The predicted octanol–water partition coefficient (Wildman–Crippen LogP) is 1.50. The van der Waals surface area contributed by atoms with Crippen LogP contribution in [0.3, 0.4) is 0 Å². The summed E-state index contributed by atoms with van der Waals surface area (Å²) in [5, 5.41) is 21.4. The lowest BCUT2D eigenvalue weighted by Crippen LogP contribution is -2.48. The molecule has 29 heavy (non-hydrogen) atoms. The Balaban J connectivity index is 1.51. The van der Waals surface area contributed by atoms with E-state index in [2.05, 4.69) is 20.5 Å². The van der Waals surface area contributed by atoms with Gasteiger partial charge in [-0.25, -0.2) is 4.68 Å². The summed E-state index contributed by atoms with van der Waals surface area (Å²) in [5.41, 5.74) is -0.188. The standard InChI is InChI=1S/C20H27N5O4/c26-16-7-2-1-6-15(16)25-19(27)9-8-18(23-25)24-12-4-3-5-14(24)13-21-20(28)17-10-11-22-29-17/h8-11,14-16,26H,1-7,12-13H2,(H,21,28). The number of carbonyl (C=O) groups is 1. The fraction of sp³-hybridized carbons (Fsp3) is 0.600. The van der Waals surface area contributed by atoms with E-state index in [1.54, 1.807) is 6.07 Å². The molecule has 2 N–H and O–H groups in total. The van der Waals surface area contributed by atoms with Gasteiger partial charge in [0.05, 0.1) is 18.3 Å². The molecular formula is C20H27N5O4. The molecule has 3 heterocycles. The zero-order valence-electron chi connectivity index (χ0n) is 16.4. The van der Waals surface area contributed by atoms with E-state index in [4.69, 9.17) is 4.52 Å². The molecule has 3 unspecified atom stereocenters. The van der Waals surface area contributed by atoms with Crippen molar-refractivity contribution >= 4 is 11.7 Å². The molecule has 9 nitrogen and oxygen atoms in total. The van der Waals surface area contributed by atoms with Gasteiger partial charge >= 0.3 is 0 Å². The number of carbonyl (C=O) groups excluding carboxylic acids is 1. The van der Waals surface area contributed by atoms with Gasteiger partial charge in [-0.2, -0.15) is 5.10 Å². The first-order valence-electron chi connectivity index (χ1n) is 10.4. The van der Waals surface area contributed by atoms with E-state index < -0.39 is 6.10 Å². The second-order valence-corrected chi connectivity index (χ2v) is 7.82. The molecule has 1 saturated carbocycles. The van der Waals surface area contributed by atoms with Crippen molar-refractivity contribution in [3.05, 3.63) is 40.5 Å². The molecule has 0 spiro atoms. The summed E-state index contributed by atoms with van der Waals surface area (Å²) in [6.07, 6.45) is 7.34. The monoisotopic (exact) mass is 401 g/mol. The minimum Gasteiger partial charge on any atom is -0.391 e. The molecule has 0 radical (unpaired) electrons. The minimum atomic E-state index is -0.539. The van der Waals surface area contributed by atoms with Gasteiger partial charge in [0.1, 0.15) is 5.82 Å². The van der Waals surface area contributed by atoms with Crippen LogP contribution in [0.5, 0.6) is 0 Å². The number of aliphatic hydroxyl groups is 1. The Morgan fingerprint density at radius 2 is 2.00 bits per heavy atom. The number of amides is 1. The lowest BCUT2D eigenvalue weighted by molar-refractivity contribution is 0.0669. The third-order valence-corrected chi connectivity index (χ3v) is 5.90. The molecule has 9 heteroatoms. The van der Waals surface area contributed by atoms with Crippen molar-refractivity contribution in [1.82, 2.24) is 20.3 Å². The maximum Gasteiger partial charge on any atom is 0.289 e. The average Bonchev–Trinajstić information content (AvgIpc) is 3.28. The van der Waals surface area contributed by atoms with Crippen molar-refractivity contribution in [2.75, 3.05) is 18.0 Å². The second-order valence-electron chi connectivity index (χ2n) is 7.82. The van der Waals surface area contributed by atoms with Gasteiger partial charge in [-0.05, 0) is 38.2 Å². The summed E-state index contributed by atoms with van der Waals surface area (Å²) >= 11 is 0. The molecule has 0 aromatic carbocycles. The summed E-state index contributed by atoms with van der Waals surface area (Å²) in [7, 11) is 0. The van der Waals surface area contributed by atoms with Gasteiger partial charge in [0.15, 0.2) is 0 Å². The molecule has 2 fully saturated rings. The molecule has 2 aromatic heterocycles. The third kappa shape index (κ3) is 4.34. The maximum absolute atomic E-state index is 12.4. The van der Waals surface area contributed by atoms with E-state index in [9.17, 15) is 14.7 Å². The van der Waals surface area contributed by atoms with Crippen LogP contribution >= 0.6 is 0 Å². The number of anilines is 1. The number of aliphatic hydroxyl groups excluding tert-OH is 1. The molecule has 2 aliphatic rings.